The average Bonchev–Trinajstić information content (AvgIpc) is 3.57. The van der Waals surface area contributed by atoms with Crippen molar-refractivity contribution >= 4 is 34.5 Å². The molecule has 0 bridgehead atoms. The predicted octanol–water partition coefficient (Wildman–Crippen LogP) is 6.02. The Kier molecular flexibility index (Phi) is 7.26. The largest absolute Gasteiger partial charge is 0.350 e. The van der Waals surface area contributed by atoms with Gasteiger partial charge in [0.15, 0.2) is 0 Å². The van der Waals surface area contributed by atoms with E-state index < -0.39 is 0 Å². The molecule has 0 radical (unpaired) electrons. The maximum atomic E-state index is 13.2. The Morgan fingerprint density at radius 2 is 1.47 bits per heavy atom. The molecule has 2 heterocycles. The van der Waals surface area contributed by atoms with Crippen LogP contribution in [-0.4, -0.2) is 36.3 Å². The zero-order valence-corrected chi connectivity index (χ0v) is 19.5. The zero-order valence-electron chi connectivity index (χ0n) is 17.8. The van der Waals surface area contributed by atoms with Gasteiger partial charge in [0.25, 0.3) is 11.8 Å². The molecule has 162 valence electrons. The quantitative estimate of drug-likeness (QED) is 0.541. The van der Waals surface area contributed by atoms with Gasteiger partial charge in [-0.05, 0) is 78.5 Å². The molecule has 0 aromatic carbocycles. The summed E-state index contributed by atoms with van der Waals surface area (Å²) in [6, 6.07) is 4.27. The van der Waals surface area contributed by atoms with Crippen LogP contribution in [0.2, 0.25) is 0 Å². The third-order valence-corrected chi connectivity index (χ3v) is 8.57. The minimum absolute atomic E-state index is 0.0122. The molecule has 1 N–H and O–H groups in total. The van der Waals surface area contributed by atoms with E-state index in [1.807, 2.05) is 17.2 Å². The SMILES string of the molecule is CCN(CCNC(=O)c1sccc1C1CCCC1)C(=O)c1sccc1C1CCCC1. The van der Waals surface area contributed by atoms with Crippen LogP contribution >= 0.6 is 22.7 Å². The van der Waals surface area contributed by atoms with E-state index in [1.165, 1.54) is 73.8 Å². The standard InChI is InChI=1S/C24H32N2O2S2/c1-2-26(24(28)22-20(12-16-30-22)18-9-5-6-10-18)14-13-25-23(27)21-19(11-15-29-21)17-7-3-4-8-17/h11-12,15-18H,2-10,13-14H2,1H3,(H,25,27). The van der Waals surface area contributed by atoms with Gasteiger partial charge in [0.2, 0.25) is 0 Å². The van der Waals surface area contributed by atoms with E-state index in [2.05, 4.69) is 22.8 Å². The number of likely N-dealkylation sites (N-methyl/N-ethyl adjacent to an activating group) is 1. The minimum Gasteiger partial charge on any atom is -0.350 e. The molecule has 0 saturated heterocycles. The summed E-state index contributed by atoms with van der Waals surface area (Å²) in [4.78, 5) is 29.6. The van der Waals surface area contributed by atoms with Gasteiger partial charge >= 0.3 is 0 Å². The number of hydrogen-bond donors (Lipinski definition) is 1. The molecule has 2 saturated carbocycles. The van der Waals surface area contributed by atoms with Crippen molar-refractivity contribution in [3.63, 3.8) is 0 Å². The summed E-state index contributed by atoms with van der Waals surface area (Å²) in [6.07, 6.45) is 9.85. The maximum Gasteiger partial charge on any atom is 0.264 e. The van der Waals surface area contributed by atoms with Crippen molar-refractivity contribution in [2.75, 3.05) is 19.6 Å². The van der Waals surface area contributed by atoms with Crippen LogP contribution in [0.1, 0.15) is 101 Å². The summed E-state index contributed by atoms with van der Waals surface area (Å²) in [6.45, 7) is 3.71. The highest BCUT2D eigenvalue weighted by Gasteiger charge is 2.27. The predicted molar refractivity (Wildman–Crippen MR) is 125 cm³/mol. The molecule has 30 heavy (non-hydrogen) atoms. The maximum absolute atomic E-state index is 13.2. The third kappa shape index (κ3) is 4.65. The number of rotatable bonds is 8. The van der Waals surface area contributed by atoms with Gasteiger partial charge in [0.1, 0.15) is 0 Å². The van der Waals surface area contributed by atoms with Crippen LogP contribution in [0.3, 0.4) is 0 Å². The van der Waals surface area contributed by atoms with Crippen LogP contribution in [0.25, 0.3) is 0 Å². The molecule has 2 fully saturated rings. The van der Waals surface area contributed by atoms with Gasteiger partial charge in [-0.3, -0.25) is 9.59 Å². The molecule has 2 aliphatic carbocycles. The number of amides is 2. The van der Waals surface area contributed by atoms with E-state index in [4.69, 9.17) is 0 Å². The van der Waals surface area contributed by atoms with Crippen molar-refractivity contribution in [2.24, 2.45) is 0 Å². The lowest BCUT2D eigenvalue weighted by Gasteiger charge is -2.22. The molecule has 0 unspecified atom stereocenters. The van der Waals surface area contributed by atoms with Crippen molar-refractivity contribution in [1.29, 1.82) is 0 Å². The second-order valence-electron chi connectivity index (χ2n) is 8.51. The van der Waals surface area contributed by atoms with Crippen molar-refractivity contribution in [2.45, 2.75) is 70.1 Å². The van der Waals surface area contributed by atoms with Crippen molar-refractivity contribution in [3.8, 4) is 0 Å². The van der Waals surface area contributed by atoms with Gasteiger partial charge in [-0.1, -0.05) is 25.7 Å². The van der Waals surface area contributed by atoms with Crippen LogP contribution in [-0.2, 0) is 0 Å². The van der Waals surface area contributed by atoms with Gasteiger partial charge in [-0.25, -0.2) is 0 Å². The number of nitrogens with zero attached hydrogens (tertiary/aromatic N) is 1. The van der Waals surface area contributed by atoms with Crippen LogP contribution in [0.15, 0.2) is 22.9 Å². The number of hydrogen-bond acceptors (Lipinski definition) is 4. The van der Waals surface area contributed by atoms with Gasteiger partial charge in [0.05, 0.1) is 9.75 Å². The summed E-state index contributed by atoms with van der Waals surface area (Å²) in [5, 5.41) is 7.15. The summed E-state index contributed by atoms with van der Waals surface area (Å²) in [5.41, 5.74) is 2.46. The molecule has 0 aliphatic heterocycles. The molecular weight excluding hydrogens is 412 g/mol. The monoisotopic (exact) mass is 444 g/mol. The van der Waals surface area contributed by atoms with Gasteiger partial charge in [-0.2, -0.15) is 0 Å². The highest BCUT2D eigenvalue weighted by Crippen LogP contribution is 2.39. The fourth-order valence-electron chi connectivity index (χ4n) is 5.04. The normalized spacial score (nSPS) is 17.5. The molecule has 6 heteroatoms. The first-order valence-electron chi connectivity index (χ1n) is 11.4. The Hall–Kier alpha value is -1.66. The van der Waals surface area contributed by atoms with Crippen molar-refractivity contribution in [3.05, 3.63) is 43.8 Å². The smallest absolute Gasteiger partial charge is 0.264 e. The van der Waals surface area contributed by atoms with E-state index in [0.29, 0.717) is 31.5 Å². The lowest BCUT2D eigenvalue weighted by molar-refractivity contribution is 0.0760. The van der Waals surface area contributed by atoms with Crippen LogP contribution in [0.4, 0.5) is 0 Å². The number of thiophene rings is 2. The lowest BCUT2D eigenvalue weighted by Crippen LogP contribution is -2.38. The number of carbonyl (C=O) groups excluding carboxylic acids is 2. The first-order chi connectivity index (χ1) is 14.7. The Bertz CT molecular complexity index is 860. The molecule has 4 rings (SSSR count). The lowest BCUT2D eigenvalue weighted by atomic mass is 9.98. The van der Waals surface area contributed by atoms with E-state index in [1.54, 1.807) is 11.3 Å². The van der Waals surface area contributed by atoms with E-state index in [9.17, 15) is 9.59 Å². The molecule has 4 nitrogen and oxygen atoms in total. The van der Waals surface area contributed by atoms with Crippen LogP contribution in [0.5, 0.6) is 0 Å². The second kappa shape index (κ2) is 10.1. The molecule has 0 spiro atoms. The second-order valence-corrected chi connectivity index (χ2v) is 10.3. The Morgan fingerprint density at radius 1 is 0.933 bits per heavy atom. The average molecular weight is 445 g/mol. The topological polar surface area (TPSA) is 49.4 Å². The first-order valence-corrected chi connectivity index (χ1v) is 13.2. The third-order valence-electron chi connectivity index (χ3n) is 6.72. The molecule has 2 aromatic rings. The van der Waals surface area contributed by atoms with Gasteiger partial charge in [-0.15, -0.1) is 22.7 Å². The Balaban J connectivity index is 1.34. The van der Waals surface area contributed by atoms with Gasteiger partial charge < -0.3 is 10.2 Å². The van der Waals surface area contributed by atoms with Crippen molar-refractivity contribution in [1.82, 2.24) is 10.2 Å². The molecule has 2 aromatic heterocycles. The van der Waals surface area contributed by atoms with Gasteiger partial charge in [0, 0.05) is 19.6 Å². The molecule has 2 aliphatic rings. The molecular formula is C24H32N2O2S2. The van der Waals surface area contributed by atoms with E-state index in [0.717, 1.165) is 9.75 Å². The molecule has 2 amide bonds. The highest BCUT2D eigenvalue weighted by molar-refractivity contribution is 7.12. The fraction of sp³-hybridized carbons (Fsp3) is 0.583. The van der Waals surface area contributed by atoms with Crippen LogP contribution < -0.4 is 5.32 Å². The van der Waals surface area contributed by atoms with Crippen LogP contribution in [0, 0.1) is 0 Å². The molecule has 0 atom stereocenters. The summed E-state index contributed by atoms with van der Waals surface area (Å²) < 4.78 is 0. The summed E-state index contributed by atoms with van der Waals surface area (Å²) in [5.74, 6) is 1.21. The Morgan fingerprint density at radius 3 is 2.03 bits per heavy atom. The van der Waals surface area contributed by atoms with Crippen molar-refractivity contribution < 1.29 is 9.59 Å². The van der Waals surface area contributed by atoms with E-state index in [-0.39, 0.29) is 11.8 Å². The Labute approximate surface area is 187 Å². The zero-order chi connectivity index (χ0) is 20.9. The number of nitrogens with one attached hydrogen (secondary N) is 1. The fourth-order valence-corrected chi connectivity index (χ4v) is 6.90. The minimum atomic E-state index is 0.0122. The summed E-state index contributed by atoms with van der Waals surface area (Å²) >= 11 is 3.10. The van der Waals surface area contributed by atoms with E-state index >= 15 is 0 Å². The highest BCUT2D eigenvalue weighted by atomic mass is 32.1. The number of carbonyl (C=O) groups is 2. The first kappa shape index (κ1) is 21.6. The summed E-state index contributed by atoms with van der Waals surface area (Å²) in [7, 11) is 0.